The quantitative estimate of drug-likeness (QED) is 0.623. The van der Waals surface area contributed by atoms with Crippen molar-refractivity contribution in [2.24, 2.45) is 0 Å². The minimum atomic E-state index is -0.0905. The molecule has 4 nitrogen and oxygen atoms in total. The van der Waals surface area contributed by atoms with E-state index in [1.807, 2.05) is 26.0 Å². The number of carbonyl (C=O) groups is 1. The van der Waals surface area contributed by atoms with Gasteiger partial charge in [-0.25, -0.2) is 0 Å². The average Bonchev–Trinajstić information content (AvgIpc) is 2.56. The van der Waals surface area contributed by atoms with E-state index < -0.39 is 0 Å². The zero-order chi connectivity index (χ0) is 19.5. The Balaban J connectivity index is 2.60. The Bertz CT molecular complexity index is 785. The van der Waals surface area contributed by atoms with E-state index in [2.05, 4.69) is 33.8 Å². The van der Waals surface area contributed by atoms with Gasteiger partial charge in [0, 0.05) is 11.1 Å². The highest BCUT2D eigenvalue weighted by Crippen LogP contribution is 2.43. The van der Waals surface area contributed by atoms with Crippen molar-refractivity contribution >= 4 is 6.29 Å². The standard InChI is InChI=1S/C22H28O4/c1-14(2)25-21-19(24-7)11-16(13-23)12-20(21)26-18-9-8-15(3)10-17(18)22(4,5)6/h8-14H,1-7H3. The Morgan fingerprint density at radius 2 is 1.65 bits per heavy atom. The molecule has 0 aliphatic carbocycles. The van der Waals surface area contributed by atoms with Gasteiger partial charge in [0.25, 0.3) is 0 Å². The molecule has 0 amide bonds. The van der Waals surface area contributed by atoms with E-state index in [-0.39, 0.29) is 11.5 Å². The van der Waals surface area contributed by atoms with Crippen LogP contribution >= 0.6 is 0 Å². The summed E-state index contributed by atoms with van der Waals surface area (Å²) in [6, 6.07) is 9.42. The van der Waals surface area contributed by atoms with Crippen molar-refractivity contribution in [3.63, 3.8) is 0 Å². The first-order valence-corrected chi connectivity index (χ1v) is 8.78. The van der Waals surface area contributed by atoms with E-state index in [0.29, 0.717) is 22.8 Å². The summed E-state index contributed by atoms with van der Waals surface area (Å²) in [5.74, 6) is 2.17. The zero-order valence-corrected chi connectivity index (χ0v) is 16.7. The zero-order valence-electron chi connectivity index (χ0n) is 16.7. The van der Waals surface area contributed by atoms with Crippen molar-refractivity contribution < 1.29 is 19.0 Å². The van der Waals surface area contributed by atoms with Gasteiger partial charge < -0.3 is 14.2 Å². The fourth-order valence-electron chi connectivity index (χ4n) is 2.68. The normalized spacial score (nSPS) is 11.4. The predicted molar refractivity (Wildman–Crippen MR) is 104 cm³/mol. The van der Waals surface area contributed by atoms with Gasteiger partial charge in [-0.1, -0.05) is 38.5 Å². The number of ether oxygens (including phenoxy) is 3. The van der Waals surface area contributed by atoms with Crippen molar-refractivity contribution in [1.82, 2.24) is 0 Å². The number of benzene rings is 2. The fourth-order valence-corrected chi connectivity index (χ4v) is 2.68. The first-order valence-electron chi connectivity index (χ1n) is 8.78. The molecule has 4 heteroatoms. The van der Waals surface area contributed by atoms with Gasteiger partial charge in [-0.15, -0.1) is 0 Å². The summed E-state index contributed by atoms with van der Waals surface area (Å²) in [6.07, 6.45) is 0.711. The van der Waals surface area contributed by atoms with Crippen LogP contribution in [0, 0.1) is 6.92 Å². The Morgan fingerprint density at radius 3 is 2.19 bits per heavy atom. The van der Waals surface area contributed by atoms with Crippen molar-refractivity contribution in [1.29, 1.82) is 0 Å². The third-order valence-electron chi connectivity index (χ3n) is 3.92. The van der Waals surface area contributed by atoms with Crippen molar-refractivity contribution in [2.75, 3.05) is 7.11 Å². The SMILES string of the molecule is COc1cc(C=O)cc(Oc2ccc(C)cc2C(C)(C)C)c1OC(C)C. The lowest BCUT2D eigenvalue weighted by molar-refractivity contribution is 0.112. The molecule has 2 aromatic carbocycles. The van der Waals surface area contributed by atoms with Crippen LogP contribution in [0.25, 0.3) is 0 Å². The predicted octanol–water partition coefficient (Wildman–Crippen LogP) is 5.69. The molecule has 0 unspecified atom stereocenters. The lowest BCUT2D eigenvalue weighted by Crippen LogP contribution is -2.13. The van der Waals surface area contributed by atoms with Crippen LogP contribution in [0.3, 0.4) is 0 Å². The van der Waals surface area contributed by atoms with E-state index in [1.54, 1.807) is 19.2 Å². The molecule has 0 saturated heterocycles. The number of hydrogen-bond donors (Lipinski definition) is 0. The summed E-state index contributed by atoms with van der Waals surface area (Å²) in [4.78, 5) is 11.3. The molecule has 0 radical (unpaired) electrons. The first kappa shape index (κ1) is 19.8. The van der Waals surface area contributed by atoms with E-state index in [4.69, 9.17) is 14.2 Å². The summed E-state index contributed by atoms with van der Waals surface area (Å²) in [5.41, 5.74) is 2.63. The summed E-state index contributed by atoms with van der Waals surface area (Å²) >= 11 is 0. The van der Waals surface area contributed by atoms with Crippen LogP contribution in [0.1, 0.15) is 56.1 Å². The number of rotatable bonds is 6. The Hall–Kier alpha value is -2.49. The van der Waals surface area contributed by atoms with Gasteiger partial charge in [0.2, 0.25) is 5.75 Å². The number of methoxy groups -OCH3 is 1. The van der Waals surface area contributed by atoms with Crippen LogP contribution in [0.2, 0.25) is 0 Å². The van der Waals surface area contributed by atoms with Gasteiger partial charge in [-0.2, -0.15) is 0 Å². The highest BCUT2D eigenvalue weighted by Gasteiger charge is 2.22. The summed E-state index contributed by atoms with van der Waals surface area (Å²) in [7, 11) is 1.55. The van der Waals surface area contributed by atoms with Gasteiger partial charge in [0.1, 0.15) is 12.0 Å². The summed E-state index contributed by atoms with van der Waals surface area (Å²) < 4.78 is 17.6. The molecule has 0 aromatic heterocycles. The van der Waals surface area contributed by atoms with Gasteiger partial charge in [0.05, 0.1) is 13.2 Å². The molecular weight excluding hydrogens is 328 g/mol. The van der Waals surface area contributed by atoms with Crippen LogP contribution in [0.5, 0.6) is 23.0 Å². The monoisotopic (exact) mass is 356 g/mol. The number of aryl methyl sites for hydroxylation is 1. The van der Waals surface area contributed by atoms with Gasteiger partial charge in [-0.3, -0.25) is 4.79 Å². The van der Waals surface area contributed by atoms with Crippen LogP contribution in [0.15, 0.2) is 30.3 Å². The third-order valence-corrected chi connectivity index (χ3v) is 3.92. The minimum Gasteiger partial charge on any atom is -0.493 e. The molecule has 0 spiro atoms. The lowest BCUT2D eigenvalue weighted by atomic mass is 9.85. The Kier molecular flexibility index (Phi) is 5.96. The molecule has 0 aliphatic rings. The van der Waals surface area contributed by atoms with Crippen LogP contribution in [-0.2, 0) is 5.41 Å². The van der Waals surface area contributed by atoms with Crippen LogP contribution in [-0.4, -0.2) is 19.5 Å². The molecule has 140 valence electrons. The summed E-state index contributed by atoms with van der Waals surface area (Å²) in [5, 5.41) is 0. The van der Waals surface area contributed by atoms with E-state index in [9.17, 15) is 4.79 Å². The Labute approximate surface area is 156 Å². The molecule has 0 N–H and O–H groups in total. The second kappa shape index (κ2) is 7.81. The highest BCUT2D eigenvalue weighted by atomic mass is 16.5. The molecule has 0 saturated carbocycles. The fraction of sp³-hybridized carbons (Fsp3) is 0.409. The molecule has 0 heterocycles. The molecular formula is C22H28O4. The van der Waals surface area contributed by atoms with E-state index >= 15 is 0 Å². The van der Waals surface area contributed by atoms with E-state index in [0.717, 1.165) is 17.6 Å². The maximum atomic E-state index is 11.3. The molecule has 0 fully saturated rings. The average molecular weight is 356 g/mol. The minimum absolute atomic E-state index is 0.0616. The molecule has 2 aromatic rings. The molecule has 0 atom stereocenters. The van der Waals surface area contributed by atoms with Gasteiger partial charge >= 0.3 is 0 Å². The van der Waals surface area contributed by atoms with Crippen LogP contribution in [0.4, 0.5) is 0 Å². The molecule has 0 aliphatic heterocycles. The van der Waals surface area contributed by atoms with Crippen molar-refractivity contribution in [3.05, 3.63) is 47.0 Å². The van der Waals surface area contributed by atoms with Crippen molar-refractivity contribution in [3.8, 4) is 23.0 Å². The number of carbonyl (C=O) groups excluding carboxylic acids is 1. The number of aldehydes is 1. The first-order chi connectivity index (χ1) is 12.2. The second-order valence-electron chi connectivity index (χ2n) is 7.69. The lowest BCUT2D eigenvalue weighted by Gasteiger charge is -2.24. The molecule has 26 heavy (non-hydrogen) atoms. The highest BCUT2D eigenvalue weighted by molar-refractivity contribution is 5.78. The van der Waals surface area contributed by atoms with Crippen molar-refractivity contribution in [2.45, 2.75) is 53.1 Å². The second-order valence-corrected chi connectivity index (χ2v) is 7.69. The maximum absolute atomic E-state index is 11.3. The third kappa shape index (κ3) is 4.57. The Morgan fingerprint density at radius 1 is 1.00 bits per heavy atom. The maximum Gasteiger partial charge on any atom is 0.204 e. The smallest absolute Gasteiger partial charge is 0.204 e. The van der Waals surface area contributed by atoms with E-state index in [1.165, 1.54) is 5.56 Å². The number of hydrogen-bond acceptors (Lipinski definition) is 4. The largest absolute Gasteiger partial charge is 0.493 e. The van der Waals surface area contributed by atoms with Gasteiger partial charge in [0.15, 0.2) is 11.5 Å². The van der Waals surface area contributed by atoms with Crippen LogP contribution < -0.4 is 14.2 Å². The topological polar surface area (TPSA) is 44.8 Å². The summed E-state index contributed by atoms with van der Waals surface area (Å²) in [6.45, 7) is 12.3. The molecule has 0 bridgehead atoms. The molecule has 2 rings (SSSR count). The van der Waals surface area contributed by atoms with Gasteiger partial charge in [-0.05, 0) is 44.4 Å².